The first-order chi connectivity index (χ1) is 13.7. The Morgan fingerprint density at radius 2 is 1.96 bits per heavy atom. The summed E-state index contributed by atoms with van der Waals surface area (Å²) in [7, 11) is 1.62. The Morgan fingerprint density at radius 3 is 2.61 bits per heavy atom. The number of methoxy groups -OCH3 is 1. The van der Waals surface area contributed by atoms with Gasteiger partial charge >= 0.3 is 0 Å². The van der Waals surface area contributed by atoms with Crippen LogP contribution in [0.2, 0.25) is 0 Å². The predicted molar refractivity (Wildman–Crippen MR) is 107 cm³/mol. The molecule has 0 aliphatic heterocycles. The molecule has 28 heavy (non-hydrogen) atoms. The van der Waals surface area contributed by atoms with Gasteiger partial charge in [-0.05, 0) is 60.6 Å². The third-order valence-electron chi connectivity index (χ3n) is 5.29. The van der Waals surface area contributed by atoms with Crippen molar-refractivity contribution in [2.45, 2.75) is 44.7 Å². The van der Waals surface area contributed by atoms with E-state index in [9.17, 15) is 4.39 Å². The zero-order chi connectivity index (χ0) is 19.8. The minimum Gasteiger partial charge on any atom is -0.493 e. The fraction of sp³-hybridized carbons (Fsp3) is 0.435. The van der Waals surface area contributed by atoms with Crippen LogP contribution in [0, 0.1) is 23.1 Å². The number of halogens is 1. The Bertz CT molecular complexity index is 797. The summed E-state index contributed by atoms with van der Waals surface area (Å²) in [5.74, 6) is 1.77. The molecular formula is C23H27FN2O2. The van der Waals surface area contributed by atoms with Gasteiger partial charge in [-0.2, -0.15) is 5.26 Å². The van der Waals surface area contributed by atoms with Crippen LogP contribution in [0.1, 0.15) is 49.3 Å². The molecule has 0 heterocycles. The van der Waals surface area contributed by atoms with E-state index in [1.165, 1.54) is 31.4 Å². The van der Waals surface area contributed by atoms with E-state index in [0.29, 0.717) is 43.4 Å². The molecule has 0 aromatic heterocycles. The first-order valence-electron chi connectivity index (χ1n) is 9.87. The Hall–Kier alpha value is -2.58. The van der Waals surface area contributed by atoms with Crippen molar-refractivity contribution in [3.8, 4) is 17.6 Å². The lowest BCUT2D eigenvalue weighted by Crippen LogP contribution is -2.31. The summed E-state index contributed by atoms with van der Waals surface area (Å²) in [5, 5.41) is 12.3. The highest BCUT2D eigenvalue weighted by atomic mass is 19.1. The van der Waals surface area contributed by atoms with Crippen LogP contribution in [-0.4, -0.2) is 13.7 Å². The molecule has 4 nitrogen and oxygen atoms in total. The van der Waals surface area contributed by atoms with E-state index in [0.717, 1.165) is 11.1 Å². The number of nitrogens with zero attached hydrogens (tertiary/aromatic N) is 1. The second-order valence-corrected chi connectivity index (χ2v) is 7.20. The van der Waals surface area contributed by atoms with Crippen molar-refractivity contribution in [1.82, 2.24) is 5.32 Å². The quantitative estimate of drug-likeness (QED) is 0.578. The number of unbranched alkanes of at least 4 members (excludes halogenated alkanes) is 1. The molecule has 2 aromatic carbocycles. The second kappa shape index (κ2) is 10.1. The zero-order valence-electron chi connectivity index (χ0n) is 16.3. The largest absolute Gasteiger partial charge is 0.493 e. The van der Waals surface area contributed by atoms with Gasteiger partial charge in [0.1, 0.15) is 5.82 Å². The van der Waals surface area contributed by atoms with Crippen LogP contribution in [-0.2, 0) is 6.54 Å². The number of benzene rings is 2. The number of nitriles is 1. The minimum atomic E-state index is -0.204. The molecule has 148 valence electrons. The van der Waals surface area contributed by atoms with Gasteiger partial charge in [0.2, 0.25) is 0 Å². The second-order valence-electron chi connectivity index (χ2n) is 7.20. The summed E-state index contributed by atoms with van der Waals surface area (Å²) in [6, 6.07) is 15.1. The molecule has 1 fully saturated rings. The normalized spacial score (nSPS) is 14.8. The lowest BCUT2D eigenvalue weighted by Gasteiger charge is -2.35. The SMILES string of the molecule is COc1ccc(CNC(c2ccc(F)cc2)C2CCC2)cc1OCCCC#N. The third kappa shape index (κ3) is 5.24. The summed E-state index contributed by atoms with van der Waals surface area (Å²) in [6.45, 7) is 1.18. The van der Waals surface area contributed by atoms with Crippen molar-refractivity contribution >= 4 is 0 Å². The molecule has 2 aromatic rings. The average molecular weight is 382 g/mol. The van der Waals surface area contributed by atoms with Crippen molar-refractivity contribution in [1.29, 1.82) is 5.26 Å². The fourth-order valence-electron chi connectivity index (χ4n) is 3.50. The Labute approximate surface area is 166 Å². The van der Waals surface area contributed by atoms with Crippen LogP contribution in [0.25, 0.3) is 0 Å². The van der Waals surface area contributed by atoms with Gasteiger partial charge in [0, 0.05) is 19.0 Å². The van der Waals surface area contributed by atoms with Crippen LogP contribution in [0.5, 0.6) is 11.5 Å². The molecule has 0 amide bonds. The maximum Gasteiger partial charge on any atom is 0.161 e. The van der Waals surface area contributed by atoms with E-state index in [2.05, 4.69) is 11.4 Å². The number of nitrogens with one attached hydrogen (secondary N) is 1. The van der Waals surface area contributed by atoms with Gasteiger partial charge in [-0.25, -0.2) is 4.39 Å². The molecule has 1 aliphatic carbocycles. The van der Waals surface area contributed by atoms with Gasteiger partial charge in [0.05, 0.1) is 19.8 Å². The molecule has 5 heteroatoms. The topological polar surface area (TPSA) is 54.3 Å². The van der Waals surface area contributed by atoms with Crippen LogP contribution in [0.4, 0.5) is 4.39 Å². The van der Waals surface area contributed by atoms with Crippen LogP contribution >= 0.6 is 0 Å². The summed E-state index contributed by atoms with van der Waals surface area (Å²) < 4.78 is 24.5. The maximum absolute atomic E-state index is 13.3. The first-order valence-corrected chi connectivity index (χ1v) is 9.87. The lowest BCUT2D eigenvalue weighted by atomic mass is 9.77. The maximum atomic E-state index is 13.3. The third-order valence-corrected chi connectivity index (χ3v) is 5.29. The predicted octanol–water partition coefficient (Wildman–Crippen LogP) is 5.15. The van der Waals surface area contributed by atoms with Crippen molar-refractivity contribution in [3.05, 3.63) is 59.4 Å². The Morgan fingerprint density at radius 1 is 1.18 bits per heavy atom. The van der Waals surface area contributed by atoms with E-state index in [1.54, 1.807) is 7.11 Å². The molecular weight excluding hydrogens is 355 g/mol. The van der Waals surface area contributed by atoms with Crippen molar-refractivity contribution in [2.24, 2.45) is 5.92 Å². The van der Waals surface area contributed by atoms with E-state index in [-0.39, 0.29) is 11.9 Å². The van der Waals surface area contributed by atoms with E-state index >= 15 is 0 Å². The minimum absolute atomic E-state index is 0.204. The van der Waals surface area contributed by atoms with Crippen LogP contribution in [0.3, 0.4) is 0 Å². The summed E-state index contributed by atoms with van der Waals surface area (Å²) >= 11 is 0. The van der Waals surface area contributed by atoms with Gasteiger partial charge in [0.15, 0.2) is 11.5 Å². The average Bonchev–Trinajstić information content (AvgIpc) is 2.68. The van der Waals surface area contributed by atoms with E-state index in [4.69, 9.17) is 14.7 Å². The molecule has 1 atom stereocenters. The van der Waals surface area contributed by atoms with Crippen molar-refractivity contribution in [2.75, 3.05) is 13.7 Å². The molecule has 1 saturated carbocycles. The van der Waals surface area contributed by atoms with Gasteiger partial charge in [-0.1, -0.05) is 24.6 Å². The Balaban J connectivity index is 1.67. The smallest absolute Gasteiger partial charge is 0.161 e. The molecule has 1 aliphatic rings. The number of rotatable bonds is 10. The fourth-order valence-corrected chi connectivity index (χ4v) is 3.50. The molecule has 1 unspecified atom stereocenters. The highest BCUT2D eigenvalue weighted by Gasteiger charge is 2.28. The highest BCUT2D eigenvalue weighted by molar-refractivity contribution is 5.43. The molecule has 0 bridgehead atoms. The molecule has 0 radical (unpaired) electrons. The summed E-state index contributed by atoms with van der Waals surface area (Å²) in [6.07, 6.45) is 4.82. The van der Waals surface area contributed by atoms with Gasteiger partial charge in [-0.3, -0.25) is 0 Å². The molecule has 0 spiro atoms. The summed E-state index contributed by atoms with van der Waals surface area (Å²) in [4.78, 5) is 0. The van der Waals surface area contributed by atoms with Crippen molar-refractivity contribution in [3.63, 3.8) is 0 Å². The van der Waals surface area contributed by atoms with Crippen molar-refractivity contribution < 1.29 is 13.9 Å². The number of hydrogen-bond donors (Lipinski definition) is 1. The first kappa shape index (κ1) is 20.2. The lowest BCUT2D eigenvalue weighted by molar-refractivity contribution is 0.229. The van der Waals surface area contributed by atoms with Crippen LogP contribution < -0.4 is 14.8 Å². The Kier molecular flexibility index (Phi) is 7.27. The standard InChI is InChI=1S/C23H27FN2O2/c1-27-21-12-7-17(15-22(21)28-14-3-2-13-25)16-26-23(18-5-4-6-18)19-8-10-20(24)11-9-19/h7-12,15,18,23,26H,2-6,14,16H2,1H3. The van der Waals surface area contributed by atoms with Gasteiger partial charge in [-0.15, -0.1) is 0 Å². The number of hydrogen-bond acceptors (Lipinski definition) is 4. The number of ether oxygens (including phenoxy) is 2. The monoisotopic (exact) mass is 382 g/mol. The van der Waals surface area contributed by atoms with E-state index in [1.807, 2.05) is 30.3 Å². The van der Waals surface area contributed by atoms with E-state index < -0.39 is 0 Å². The highest BCUT2D eigenvalue weighted by Crippen LogP contribution is 2.38. The van der Waals surface area contributed by atoms with Gasteiger partial charge in [0.25, 0.3) is 0 Å². The zero-order valence-corrected chi connectivity index (χ0v) is 16.3. The van der Waals surface area contributed by atoms with Crippen LogP contribution in [0.15, 0.2) is 42.5 Å². The van der Waals surface area contributed by atoms with Gasteiger partial charge < -0.3 is 14.8 Å². The molecule has 1 N–H and O–H groups in total. The molecule has 3 rings (SSSR count). The summed E-state index contributed by atoms with van der Waals surface area (Å²) in [5.41, 5.74) is 2.23. The molecule has 0 saturated heterocycles.